The minimum atomic E-state index is -0.308. The van der Waals surface area contributed by atoms with Crippen LogP contribution in [0.4, 0.5) is 5.13 Å². The van der Waals surface area contributed by atoms with Gasteiger partial charge in [0.25, 0.3) is 5.56 Å². The molecular formula is C23H20N4O2S. The predicted molar refractivity (Wildman–Crippen MR) is 119 cm³/mol. The van der Waals surface area contributed by atoms with Crippen molar-refractivity contribution in [3.05, 3.63) is 75.5 Å². The Labute approximate surface area is 177 Å². The fourth-order valence-corrected chi connectivity index (χ4v) is 4.67. The number of aryl methyl sites for hydroxylation is 2. The van der Waals surface area contributed by atoms with Crippen LogP contribution in [0.1, 0.15) is 24.0 Å². The van der Waals surface area contributed by atoms with Crippen molar-refractivity contribution in [2.45, 2.75) is 32.2 Å². The molecule has 0 spiro atoms. The van der Waals surface area contributed by atoms with Gasteiger partial charge in [0, 0.05) is 10.9 Å². The summed E-state index contributed by atoms with van der Waals surface area (Å²) in [5, 5.41) is 5.30. The lowest BCUT2D eigenvalue weighted by molar-refractivity contribution is -0.116. The highest BCUT2D eigenvalue weighted by Crippen LogP contribution is 2.29. The van der Waals surface area contributed by atoms with Crippen LogP contribution in [0.25, 0.3) is 22.3 Å². The maximum atomic E-state index is 12.6. The summed E-state index contributed by atoms with van der Waals surface area (Å²) in [4.78, 5) is 33.5. The molecule has 150 valence electrons. The Balaban J connectivity index is 1.34. The first-order valence-corrected chi connectivity index (χ1v) is 10.9. The Morgan fingerprint density at radius 1 is 1.10 bits per heavy atom. The highest BCUT2D eigenvalue weighted by Gasteiger charge is 2.14. The van der Waals surface area contributed by atoms with Crippen molar-refractivity contribution >= 4 is 33.4 Å². The number of carbonyl (C=O) groups excluding carboxylic acids is 1. The fraction of sp³-hybridized carbons (Fsp3) is 0.217. The van der Waals surface area contributed by atoms with Gasteiger partial charge in [-0.05, 0) is 55.0 Å². The number of para-hydroxylation sites is 2. The number of benzene rings is 2. The van der Waals surface area contributed by atoms with Crippen LogP contribution in [0.15, 0.2) is 58.8 Å². The van der Waals surface area contributed by atoms with Gasteiger partial charge in [-0.1, -0.05) is 24.3 Å². The van der Waals surface area contributed by atoms with Crippen molar-refractivity contribution in [1.82, 2.24) is 14.5 Å². The van der Waals surface area contributed by atoms with Gasteiger partial charge in [0.15, 0.2) is 5.13 Å². The third-order valence-electron chi connectivity index (χ3n) is 5.45. The number of fused-ring (bicyclic) bond motifs is 2. The van der Waals surface area contributed by atoms with Crippen molar-refractivity contribution in [3.8, 4) is 11.3 Å². The van der Waals surface area contributed by atoms with E-state index in [9.17, 15) is 9.59 Å². The zero-order valence-electron chi connectivity index (χ0n) is 16.3. The Morgan fingerprint density at radius 3 is 2.83 bits per heavy atom. The SMILES string of the molecule is O=C(Cn1c(=O)cnc2ccccc21)Nc1nc(-c2ccc3c(c2)CCCC3)cs1. The topological polar surface area (TPSA) is 76.9 Å². The van der Waals surface area contributed by atoms with Gasteiger partial charge < -0.3 is 5.32 Å². The van der Waals surface area contributed by atoms with Crippen LogP contribution in [0.3, 0.4) is 0 Å². The third-order valence-corrected chi connectivity index (χ3v) is 6.21. The van der Waals surface area contributed by atoms with E-state index in [1.165, 1.54) is 46.1 Å². The van der Waals surface area contributed by atoms with Gasteiger partial charge in [0.1, 0.15) is 6.54 Å². The second-order valence-corrected chi connectivity index (χ2v) is 8.31. The number of hydrogen-bond acceptors (Lipinski definition) is 5. The van der Waals surface area contributed by atoms with Crippen LogP contribution >= 0.6 is 11.3 Å². The zero-order chi connectivity index (χ0) is 20.5. The largest absolute Gasteiger partial charge is 0.300 e. The maximum absolute atomic E-state index is 12.6. The van der Waals surface area contributed by atoms with E-state index in [2.05, 4.69) is 33.5 Å². The smallest absolute Gasteiger partial charge is 0.269 e. The molecular weight excluding hydrogens is 396 g/mol. The molecule has 1 aliphatic rings. The molecule has 0 radical (unpaired) electrons. The minimum Gasteiger partial charge on any atom is -0.300 e. The summed E-state index contributed by atoms with van der Waals surface area (Å²) in [6.07, 6.45) is 6.00. The fourth-order valence-electron chi connectivity index (χ4n) is 3.94. The van der Waals surface area contributed by atoms with E-state index in [4.69, 9.17) is 0 Å². The van der Waals surface area contributed by atoms with Gasteiger partial charge in [-0.3, -0.25) is 14.2 Å². The number of thiazole rings is 1. The lowest BCUT2D eigenvalue weighted by Crippen LogP contribution is -2.27. The Hall–Kier alpha value is -3.32. The van der Waals surface area contributed by atoms with Crippen LogP contribution in [0.2, 0.25) is 0 Å². The maximum Gasteiger partial charge on any atom is 0.269 e. The molecule has 1 N–H and O–H groups in total. The van der Waals surface area contributed by atoms with E-state index < -0.39 is 0 Å². The quantitative estimate of drug-likeness (QED) is 0.545. The number of carbonyl (C=O) groups is 1. The number of rotatable bonds is 4. The van der Waals surface area contributed by atoms with Crippen LogP contribution < -0.4 is 10.9 Å². The molecule has 0 aliphatic heterocycles. The molecule has 5 rings (SSSR count). The van der Waals surface area contributed by atoms with Gasteiger partial charge in [-0.25, -0.2) is 9.97 Å². The highest BCUT2D eigenvalue weighted by atomic mass is 32.1. The average molecular weight is 417 g/mol. The summed E-state index contributed by atoms with van der Waals surface area (Å²) in [7, 11) is 0. The van der Waals surface area contributed by atoms with Gasteiger partial charge in [0.2, 0.25) is 5.91 Å². The second kappa shape index (κ2) is 7.84. The first-order chi connectivity index (χ1) is 14.7. The van der Waals surface area contributed by atoms with Gasteiger partial charge in [-0.2, -0.15) is 0 Å². The average Bonchev–Trinajstić information content (AvgIpc) is 3.24. The summed E-state index contributed by atoms with van der Waals surface area (Å²) >= 11 is 1.39. The molecule has 1 aliphatic carbocycles. The normalized spacial score (nSPS) is 13.2. The Bertz CT molecular complexity index is 1310. The lowest BCUT2D eigenvalue weighted by Gasteiger charge is -2.16. The highest BCUT2D eigenvalue weighted by molar-refractivity contribution is 7.14. The van der Waals surface area contributed by atoms with Gasteiger partial charge >= 0.3 is 0 Å². The molecule has 2 aromatic heterocycles. The van der Waals surface area contributed by atoms with Gasteiger partial charge in [-0.15, -0.1) is 11.3 Å². The monoisotopic (exact) mass is 416 g/mol. The number of hydrogen-bond donors (Lipinski definition) is 1. The molecule has 6 nitrogen and oxygen atoms in total. The molecule has 0 saturated heterocycles. The summed E-state index contributed by atoms with van der Waals surface area (Å²) in [5.74, 6) is -0.292. The van der Waals surface area contributed by atoms with Crippen LogP contribution in [0.5, 0.6) is 0 Å². The summed E-state index contributed by atoms with van der Waals surface area (Å²) < 4.78 is 1.43. The van der Waals surface area contributed by atoms with E-state index in [0.29, 0.717) is 16.2 Å². The molecule has 2 aromatic carbocycles. The first kappa shape index (κ1) is 18.7. The molecule has 0 fully saturated rings. The van der Waals surface area contributed by atoms with E-state index in [0.717, 1.165) is 24.1 Å². The molecule has 4 aromatic rings. The van der Waals surface area contributed by atoms with Crippen molar-refractivity contribution in [2.75, 3.05) is 5.32 Å². The predicted octanol–water partition coefficient (Wildman–Crippen LogP) is 4.04. The third kappa shape index (κ3) is 3.64. The first-order valence-electron chi connectivity index (χ1n) is 9.99. The number of amides is 1. The summed E-state index contributed by atoms with van der Waals surface area (Å²) in [5.41, 5.74) is 5.77. The summed E-state index contributed by atoms with van der Waals surface area (Å²) in [6, 6.07) is 13.8. The van der Waals surface area contributed by atoms with E-state index in [1.807, 2.05) is 23.6 Å². The van der Waals surface area contributed by atoms with Crippen molar-refractivity contribution in [3.63, 3.8) is 0 Å². The number of anilines is 1. The standard InChI is InChI=1S/C23H20N4O2S/c28-21(13-27-20-8-4-3-7-18(20)24-12-22(27)29)26-23-25-19(14-30-23)17-10-9-15-5-1-2-6-16(15)11-17/h3-4,7-12,14H,1-2,5-6,13H2,(H,25,26,28). The zero-order valence-corrected chi connectivity index (χ0v) is 17.1. The molecule has 0 saturated carbocycles. The molecule has 7 heteroatoms. The van der Waals surface area contributed by atoms with Crippen LogP contribution in [-0.4, -0.2) is 20.4 Å². The van der Waals surface area contributed by atoms with Gasteiger partial charge in [0.05, 0.1) is 22.9 Å². The van der Waals surface area contributed by atoms with E-state index in [1.54, 1.807) is 6.07 Å². The van der Waals surface area contributed by atoms with Crippen LogP contribution in [-0.2, 0) is 24.2 Å². The molecule has 0 atom stereocenters. The van der Waals surface area contributed by atoms with Crippen LogP contribution in [0, 0.1) is 0 Å². The second-order valence-electron chi connectivity index (χ2n) is 7.45. The summed E-state index contributed by atoms with van der Waals surface area (Å²) in [6.45, 7) is -0.0877. The van der Waals surface area contributed by atoms with Crippen molar-refractivity contribution < 1.29 is 4.79 Å². The number of nitrogens with zero attached hydrogens (tertiary/aromatic N) is 3. The number of aromatic nitrogens is 3. The van der Waals surface area contributed by atoms with E-state index >= 15 is 0 Å². The molecule has 30 heavy (non-hydrogen) atoms. The number of nitrogens with one attached hydrogen (secondary N) is 1. The Kier molecular flexibility index (Phi) is 4.88. The molecule has 2 heterocycles. The van der Waals surface area contributed by atoms with Crippen molar-refractivity contribution in [2.24, 2.45) is 0 Å². The molecule has 0 bridgehead atoms. The molecule has 1 amide bonds. The molecule has 0 unspecified atom stereocenters. The lowest BCUT2D eigenvalue weighted by atomic mass is 9.90. The van der Waals surface area contributed by atoms with Crippen molar-refractivity contribution in [1.29, 1.82) is 0 Å². The minimum absolute atomic E-state index is 0.0877. The Morgan fingerprint density at radius 2 is 1.93 bits per heavy atom. The van der Waals surface area contributed by atoms with E-state index in [-0.39, 0.29) is 18.0 Å².